The predicted molar refractivity (Wildman–Crippen MR) is 94.4 cm³/mol. The van der Waals surface area contributed by atoms with E-state index in [0.717, 1.165) is 0 Å². The van der Waals surface area contributed by atoms with Gasteiger partial charge in [-0.25, -0.2) is 0 Å². The van der Waals surface area contributed by atoms with Crippen LogP contribution >= 0.6 is 11.6 Å². The second-order valence-electron chi connectivity index (χ2n) is 5.08. The van der Waals surface area contributed by atoms with E-state index < -0.39 is 16.9 Å². The number of carbonyl (C=O) groups is 1. The first-order valence-corrected chi connectivity index (χ1v) is 7.92. The number of anilines is 1. The number of hydrogen-bond acceptors (Lipinski definition) is 5. The first-order chi connectivity index (χ1) is 11.9. The zero-order valence-corrected chi connectivity index (χ0v) is 14.4. The van der Waals surface area contributed by atoms with E-state index in [1.165, 1.54) is 19.1 Å². The Kier molecular flexibility index (Phi) is 6.19. The minimum atomic E-state index is -0.871. The molecule has 0 aromatic heterocycles. The molecule has 0 heterocycles. The highest BCUT2D eigenvalue weighted by molar-refractivity contribution is 6.30. The van der Waals surface area contributed by atoms with Crippen LogP contribution in [0.4, 0.5) is 11.4 Å². The number of ether oxygens (including phenoxy) is 2. The molecule has 7 nitrogen and oxygen atoms in total. The van der Waals surface area contributed by atoms with Crippen LogP contribution in [0.1, 0.15) is 13.8 Å². The van der Waals surface area contributed by atoms with Crippen LogP contribution in [0.5, 0.6) is 11.5 Å². The molecule has 0 radical (unpaired) electrons. The predicted octanol–water partition coefficient (Wildman–Crippen LogP) is 4.05. The first kappa shape index (κ1) is 18.5. The third-order valence-electron chi connectivity index (χ3n) is 3.21. The Morgan fingerprint density at radius 2 is 2.04 bits per heavy atom. The van der Waals surface area contributed by atoms with E-state index in [4.69, 9.17) is 21.1 Å². The Morgan fingerprint density at radius 3 is 2.68 bits per heavy atom. The third kappa shape index (κ3) is 5.09. The van der Waals surface area contributed by atoms with Crippen LogP contribution in [0, 0.1) is 10.1 Å². The molecule has 1 N–H and O–H groups in total. The van der Waals surface area contributed by atoms with Gasteiger partial charge in [0.2, 0.25) is 0 Å². The number of nitrogens with one attached hydrogen (secondary N) is 1. The van der Waals surface area contributed by atoms with Gasteiger partial charge >= 0.3 is 0 Å². The summed E-state index contributed by atoms with van der Waals surface area (Å²) in [4.78, 5) is 22.9. The van der Waals surface area contributed by atoms with E-state index in [9.17, 15) is 14.9 Å². The molecule has 1 unspecified atom stereocenters. The molecule has 132 valence electrons. The number of rotatable bonds is 7. The van der Waals surface area contributed by atoms with Gasteiger partial charge in [-0.15, -0.1) is 0 Å². The summed E-state index contributed by atoms with van der Waals surface area (Å²) in [5.41, 5.74) is -0.186. The van der Waals surface area contributed by atoms with E-state index in [-0.39, 0.29) is 11.4 Å². The second-order valence-corrected chi connectivity index (χ2v) is 5.51. The quantitative estimate of drug-likeness (QED) is 0.591. The number of nitrogens with zero attached hydrogens (tertiary/aromatic N) is 1. The molecule has 0 saturated heterocycles. The normalized spacial score (nSPS) is 11.5. The molecule has 2 rings (SSSR count). The van der Waals surface area contributed by atoms with Crippen molar-refractivity contribution in [2.75, 3.05) is 11.9 Å². The first-order valence-electron chi connectivity index (χ1n) is 7.55. The van der Waals surface area contributed by atoms with Crippen LogP contribution in [0.3, 0.4) is 0 Å². The van der Waals surface area contributed by atoms with Gasteiger partial charge < -0.3 is 14.8 Å². The summed E-state index contributed by atoms with van der Waals surface area (Å²) in [6, 6.07) is 10.9. The van der Waals surface area contributed by atoms with Crippen molar-refractivity contribution in [3.8, 4) is 11.5 Å². The van der Waals surface area contributed by atoms with Crippen molar-refractivity contribution in [2.24, 2.45) is 0 Å². The van der Waals surface area contributed by atoms with Gasteiger partial charge in [0.25, 0.3) is 11.6 Å². The summed E-state index contributed by atoms with van der Waals surface area (Å²) in [6.45, 7) is 3.69. The number of benzene rings is 2. The van der Waals surface area contributed by atoms with E-state index in [1.54, 1.807) is 37.3 Å². The maximum Gasteiger partial charge on any atom is 0.296 e. The monoisotopic (exact) mass is 364 g/mol. The molecule has 2 aromatic carbocycles. The molecule has 1 amide bonds. The molecule has 25 heavy (non-hydrogen) atoms. The fourth-order valence-electron chi connectivity index (χ4n) is 2.06. The molecular formula is C17H17ClN2O5. The van der Waals surface area contributed by atoms with Crippen LogP contribution in [-0.2, 0) is 4.79 Å². The zero-order chi connectivity index (χ0) is 18.4. The van der Waals surface area contributed by atoms with E-state index in [2.05, 4.69) is 5.32 Å². The maximum absolute atomic E-state index is 12.3. The lowest BCUT2D eigenvalue weighted by Gasteiger charge is -2.15. The number of nitro groups is 1. The van der Waals surface area contributed by atoms with Gasteiger partial charge in [-0.1, -0.05) is 17.7 Å². The maximum atomic E-state index is 12.3. The molecule has 0 aliphatic heterocycles. The molecule has 0 aliphatic carbocycles. The van der Waals surface area contributed by atoms with Gasteiger partial charge in [0.05, 0.1) is 17.6 Å². The average molecular weight is 365 g/mol. The lowest BCUT2D eigenvalue weighted by atomic mass is 10.2. The zero-order valence-electron chi connectivity index (χ0n) is 13.7. The van der Waals surface area contributed by atoms with Gasteiger partial charge in [0.1, 0.15) is 17.2 Å². The summed E-state index contributed by atoms with van der Waals surface area (Å²) in [6.07, 6.45) is -0.871. The van der Waals surface area contributed by atoms with E-state index in [0.29, 0.717) is 23.1 Å². The summed E-state index contributed by atoms with van der Waals surface area (Å²) in [5, 5.41) is 14.2. The molecule has 2 aromatic rings. The molecule has 0 saturated carbocycles. The largest absolute Gasteiger partial charge is 0.494 e. The van der Waals surface area contributed by atoms with E-state index >= 15 is 0 Å². The van der Waals surface area contributed by atoms with Crippen molar-refractivity contribution in [2.45, 2.75) is 20.0 Å². The second kappa shape index (κ2) is 8.34. The van der Waals surface area contributed by atoms with Crippen LogP contribution in [0.15, 0.2) is 42.5 Å². The fraction of sp³-hybridized carbons (Fsp3) is 0.235. The SMILES string of the molecule is CCOc1ccc(NC(=O)C(C)Oc2cccc(Cl)c2)c([N+](=O)[O-])c1. The van der Waals surface area contributed by atoms with Crippen molar-refractivity contribution in [3.63, 3.8) is 0 Å². The van der Waals surface area contributed by atoms with Crippen LogP contribution in [-0.4, -0.2) is 23.5 Å². The number of amides is 1. The Labute approximate surface area is 149 Å². The highest BCUT2D eigenvalue weighted by Crippen LogP contribution is 2.29. The lowest BCUT2D eigenvalue weighted by Crippen LogP contribution is -2.30. The molecular weight excluding hydrogens is 348 g/mol. The standard InChI is InChI=1S/C17H17ClN2O5/c1-3-24-13-7-8-15(16(10-13)20(22)23)19-17(21)11(2)25-14-6-4-5-12(18)9-14/h4-11H,3H2,1-2H3,(H,19,21). The highest BCUT2D eigenvalue weighted by Gasteiger charge is 2.21. The summed E-state index contributed by atoms with van der Waals surface area (Å²) < 4.78 is 10.7. The van der Waals surface area contributed by atoms with Crippen molar-refractivity contribution in [1.29, 1.82) is 0 Å². The van der Waals surface area contributed by atoms with Crippen molar-refractivity contribution < 1.29 is 19.2 Å². The molecule has 0 spiro atoms. The Hall–Kier alpha value is -2.80. The van der Waals surface area contributed by atoms with Gasteiger partial charge in [-0.05, 0) is 44.2 Å². The van der Waals surface area contributed by atoms with Gasteiger partial charge in [-0.3, -0.25) is 14.9 Å². The molecule has 8 heteroatoms. The van der Waals surface area contributed by atoms with Crippen LogP contribution < -0.4 is 14.8 Å². The Balaban J connectivity index is 2.12. The van der Waals surface area contributed by atoms with Crippen LogP contribution in [0.2, 0.25) is 5.02 Å². The molecule has 1 atom stereocenters. The molecule has 0 fully saturated rings. The van der Waals surface area contributed by atoms with Crippen LogP contribution in [0.25, 0.3) is 0 Å². The lowest BCUT2D eigenvalue weighted by molar-refractivity contribution is -0.384. The Morgan fingerprint density at radius 1 is 1.28 bits per heavy atom. The van der Waals surface area contributed by atoms with Crippen molar-refractivity contribution in [1.82, 2.24) is 0 Å². The number of hydrogen-bond donors (Lipinski definition) is 1. The molecule has 0 bridgehead atoms. The number of nitro benzene ring substituents is 1. The summed E-state index contributed by atoms with van der Waals surface area (Å²) >= 11 is 5.87. The number of halogens is 1. The topological polar surface area (TPSA) is 90.7 Å². The summed E-state index contributed by atoms with van der Waals surface area (Å²) in [5.74, 6) is 0.263. The number of carbonyl (C=O) groups excluding carboxylic acids is 1. The summed E-state index contributed by atoms with van der Waals surface area (Å²) in [7, 11) is 0. The van der Waals surface area contributed by atoms with Crippen molar-refractivity contribution >= 4 is 28.9 Å². The fourth-order valence-corrected chi connectivity index (χ4v) is 2.24. The minimum absolute atomic E-state index is 0.0694. The van der Waals surface area contributed by atoms with Gasteiger partial charge in [-0.2, -0.15) is 0 Å². The molecule has 0 aliphatic rings. The Bertz CT molecular complexity index is 781. The van der Waals surface area contributed by atoms with Crippen molar-refractivity contribution in [3.05, 3.63) is 57.6 Å². The smallest absolute Gasteiger partial charge is 0.296 e. The average Bonchev–Trinajstić information content (AvgIpc) is 2.56. The van der Waals surface area contributed by atoms with Gasteiger partial charge in [0, 0.05) is 5.02 Å². The third-order valence-corrected chi connectivity index (χ3v) is 3.45. The van der Waals surface area contributed by atoms with Gasteiger partial charge in [0.15, 0.2) is 6.10 Å². The minimum Gasteiger partial charge on any atom is -0.494 e. The van der Waals surface area contributed by atoms with E-state index in [1.807, 2.05) is 0 Å². The highest BCUT2D eigenvalue weighted by atomic mass is 35.5.